The van der Waals surface area contributed by atoms with Gasteiger partial charge in [0.15, 0.2) is 0 Å². The van der Waals surface area contributed by atoms with E-state index in [1.165, 1.54) is 0 Å². The molecule has 1 unspecified atom stereocenters. The first kappa shape index (κ1) is 12.5. The lowest BCUT2D eigenvalue weighted by Gasteiger charge is -2.25. The van der Waals surface area contributed by atoms with Crippen LogP contribution in [0.3, 0.4) is 0 Å². The van der Waals surface area contributed by atoms with Crippen molar-refractivity contribution >= 4 is 0 Å². The van der Waals surface area contributed by atoms with Crippen molar-refractivity contribution in [3.8, 4) is 0 Å². The molecule has 1 fully saturated rings. The fraction of sp³-hybridized carbons (Fsp3) is 0.571. The molecule has 0 radical (unpaired) electrons. The summed E-state index contributed by atoms with van der Waals surface area (Å²) >= 11 is 0. The zero-order chi connectivity index (χ0) is 12.3. The number of alkyl halides is 2. The van der Waals surface area contributed by atoms with Crippen LogP contribution in [0.15, 0.2) is 24.3 Å². The maximum absolute atomic E-state index is 13.9. The number of aryl methyl sites for hydroxylation is 1. The Bertz CT molecular complexity index is 376. The van der Waals surface area contributed by atoms with Gasteiger partial charge < -0.3 is 5.32 Å². The van der Waals surface area contributed by atoms with E-state index in [1.54, 1.807) is 0 Å². The molecule has 1 aliphatic rings. The van der Waals surface area contributed by atoms with Crippen LogP contribution in [-0.2, 0) is 6.42 Å². The predicted octanol–water partition coefficient (Wildman–Crippen LogP) is 3.17. The summed E-state index contributed by atoms with van der Waals surface area (Å²) < 4.78 is 27.8. The number of benzene rings is 1. The van der Waals surface area contributed by atoms with E-state index in [9.17, 15) is 8.78 Å². The van der Waals surface area contributed by atoms with Crippen LogP contribution in [0.2, 0.25) is 0 Å². The molecule has 17 heavy (non-hydrogen) atoms. The molecule has 1 atom stereocenters. The van der Waals surface area contributed by atoms with Crippen LogP contribution in [-0.4, -0.2) is 19.0 Å². The van der Waals surface area contributed by atoms with E-state index in [0.29, 0.717) is 25.9 Å². The Morgan fingerprint density at radius 1 is 1.29 bits per heavy atom. The van der Waals surface area contributed by atoms with Crippen LogP contribution in [0, 0.1) is 12.8 Å². The number of halogens is 2. The SMILES string of the molecule is Cc1ccccc1CC1CCNCCC1(F)F. The molecule has 1 aliphatic heterocycles. The summed E-state index contributed by atoms with van der Waals surface area (Å²) in [5.74, 6) is -3.07. The fourth-order valence-electron chi connectivity index (χ4n) is 2.43. The van der Waals surface area contributed by atoms with Gasteiger partial charge in [-0.1, -0.05) is 24.3 Å². The van der Waals surface area contributed by atoms with Crippen molar-refractivity contribution in [3.05, 3.63) is 35.4 Å². The highest BCUT2D eigenvalue weighted by atomic mass is 19.3. The third-order valence-electron chi connectivity index (χ3n) is 3.63. The average molecular weight is 239 g/mol. The van der Waals surface area contributed by atoms with Gasteiger partial charge in [0, 0.05) is 18.9 Å². The molecule has 94 valence electrons. The van der Waals surface area contributed by atoms with Crippen LogP contribution < -0.4 is 5.32 Å². The normalized spacial score (nSPS) is 24.3. The topological polar surface area (TPSA) is 12.0 Å². The number of rotatable bonds is 2. The Morgan fingerprint density at radius 2 is 2.06 bits per heavy atom. The van der Waals surface area contributed by atoms with Crippen LogP contribution >= 0.6 is 0 Å². The lowest BCUT2D eigenvalue weighted by atomic mass is 9.88. The van der Waals surface area contributed by atoms with Gasteiger partial charge in [0.25, 0.3) is 5.92 Å². The first-order valence-corrected chi connectivity index (χ1v) is 6.22. The van der Waals surface area contributed by atoms with Crippen molar-refractivity contribution in [2.45, 2.75) is 32.1 Å². The second-order valence-electron chi connectivity index (χ2n) is 4.88. The van der Waals surface area contributed by atoms with E-state index >= 15 is 0 Å². The molecular formula is C14H19F2N. The summed E-state index contributed by atoms with van der Waals surface area (Å²) in [6.45, 7) is 3.12. The van der Waals surface area contributed by atoms with Crippen molar-refractivity contribution in [3.63, 3.8) is 0 Å². The van der Waals surface area contributed by atoms with E-state index in [2.05, 4.69) is 5.32 Å². The van der Waals surface area contributed by atoms with E-state index in [1.807, 2.05) is 31.2 Å². The second kappa shape index (κ2) is 5.13. The number of hydrogen-bond donors (Lipinski definition) is 1. The Hall–Kier alpha value is -0.960. The summed E-state index contributed by atoms with van der Waals surface area (Å²) in [7, 11) is 0. The van der Waals surface area contributed by atoms with Gasteiger partial charge in [0.1, 0.15) is 0 Å². The van der Waals surface area contributed by atoms with Crippen molar-refractivity contribution in [2.75, 3.05) is 13.1 Å². The van der Waals surface area contributed by atoms with E-state index < -0.39 is 11.8 Å². The van der Waals surface area contributed by atoms with Crippen molar-refractivity contribution in [1.29, 1.82) is 0 Å². The monoisotopic (exact) mass is 239 g/mol. The van der Waals surface area contributed by atoms with Crippen LogP contribution in [0.1, 0.15) is 24.0 Å². The Balaban J connectivity index is 2.13. The number of nitrogens with one attached hydrogen (secondary N) is 1. The highest BCUT2D eigenvalue weighted by Gasteiger charge is 2.39. The first-order chi connectivity index (χ1) is 8.09. The second-order valence-corrected chi connectivity index (χ2v) is 4.88. The Kier molecular flexibility index (Phi) is 3.77. The summed E-state index contributed by atoms with van der Waals surface area (Å²) in [5.41, 5.74) is 2.17. The Labute approximate surface area is 101 Å². The molecule has 0 saturated carbocycles. The first-order valence-electron chi connectivity index (χ1n) is 6.22. The minimum Gasteiger partial charge on any atom is -0.316 e. The maximum Gasteiger partial charge on any atom is 0.252 e. The van der Waals surface area contributed by atoms with Crippen LogP contribution in [0.5, 0.6) is 0 Å². The zero-order valence-electron chi connectivity index (χ0n) is 10.2. The summed E-state index contributed by atoms with van der Waals surface area (Å²) in [4.78, 5) is 0. The molecule has 1 heterocycles. The van der Waals surface area contributed by atoms with Crippen molar-refractivity contribution in [1.82, 2.24) is 5.32 Å². The molecule has 0 spiro atoms. The fourth-order valence-corrected chi connectivity index (χ4v) is 2.43. The van der Waals surface area contributed by atoms with E-state index in [0.717, 1.165) is 11.1 Å². The molecule has 1 nitrogen and oxygen atoms in total. The lowest BCUT2D eigenvalue weighted by molar-refractivity contribution is -0.0601. The van der Waals surface area contributed by atoms with Gasteiger partial charge in [-0.2, -0.15) is 0 Å². The Morgan fingerprint density at radius 3 is 2.82 bits per heavy atom. The quantitative estimate of drug-likeness (QED) is 0.836. The largest absolute Gasteiger partial charge is 0.316 e. The van der Waals surface area contributed by atoms with Gasteiger partial charge in [-0.3, -0.25) is 0 Å². The van der Waals surface area contributed by atoms with Crippen molar-refractivity contribution in [2.24, 2.45) is 5.92 Å². The molecule has 1 aromatic carbocycles. The summed E-state index contributed by atoms with van der Waals surface area (Å²) in [6.07, 6.45) is 1.01. The van der Waals surface area contributed by atoms with Crippen LogP contribution in [0.4, 0.5) is 8.78 Å². The van der Waals surface area contributed by atoms with Crippen molar-refractivity contribution < 1.29 is 8.78 Å². The van der Waals surface area contributed by atoms with Gasteiger partial charge in [0.2, 0.25) is 0 Å². The third kappa shape index (κ3) is 3.03. The smallest absolute Gasteiger partial charge is 0.252 e. The molecule has 1 N–H and O–H groups in total. The van der Waals surface area contributed by atoms with Gasteiger partial charge in [0.05, 0.1) is 0 Å². The van der Waals surface area contributed by atoms with Gasteiger partial charge in [-0.25, -0.2) is 8.78 Å². The highest BCUT2D eigenvalue weighted by Crippen LogP contribution is 2.34. The van der Waals surface area contributed by atoms with E-state index in [4.69, 9.17) is 0 Å². The van der Waals surface area contributed by atoms with Gasteiger partial charge in [-0.05, 0) is 37.4 Å². The lowest BCUT2D eigenvalue weighted by Crippen LogP contribution is -2.30. The van der Waals surface area contributed by atoms with Gasteiger partial charge >= 0.3 is 0 Å². The molecule has 3 heteroatoms. The molecule has 0 aromatic heterocycles. The summed E-state index contributed by atoms with van der Waals surface area (Å²) in [5, 5.41) is 3.05. The average Bonchev–Trinajstić information content (AvgIpc) is 2.44. The van der Waals surface area contributed by atoms with E-state index in [-0.39, 0.29) is 6.42 Å². The molecule has 0 bridgehead atoms. The highest BCUT2D eigenvalue weighted by molar-refractivity contribution is 5.26. The minimum absolute atomic E-state index is 0.0381. The third-order valence-corrected chi connectivity index (χ3v) is 3.63. The summed E-state index contributed by atoms with van der Waals surface area (Å²) in [6, 6.07) is 7.83. The predicted molar refractivity (Wildman–Crippen MR) is 65.4 cm³/mol. The molecule has 1 aromatic rings. The molecule has 1 saturated heterocycles. The molecule has 0 aliphatic carbocycles. The zero-order valence-corrected chi connectivity index (χ0v) is 10.2. The van der Waals surface area contributed by atoms with Crippen LogP contribution in [0.25, 0.3) is 0 Å². The molecular weight excluding hydrogens is 220 g/mol. The molecule has 2 rings (SSSR count). The minimum atomic E-state index is -2.54. The number of hydrogen-bond acceptors (Lipinski definition) is 1. The standard InChI is InChI=1S/C14H19F2N/c1-11-4-2-3-5-12(11)10-13-6-8-17-9-7-14(13,15)16/h2-5,13,17H,6-10H2,1H3. The maximum atomic E-state index is 13.9. The van der Waals surface area contributed by atoms with Gasteiger partial charge in [-0.15, -0.1) is 0 Å². The molecule has 0 amide bonds.